The number of halogens is 1. The zero-order valence-electron chi connectivity index (χ0n) is 14.4. The second kappa shape index (κ2) is 6.72. The first-order valence-electron chi connectivity index (χ1n) is 8.22. The van der Waals surface area contributed by atoms with Crippen LogP contribution in [-0.4, -0.2) is 18.0 Å². The van der Waals surface area contributed by atoms with Crippen molar-refractivity contribution in [3.63, 3.8) is 0 Å². The lowest BCUT2D eigenvalue weighted by atomic mass is 10.1. The molecule has 5 nitrogen and oxygen atoms in total. The number of sulfonamides is 1. The normalized spacial score (nSPS) is 11.6. The van der Waals surface area contributed by atoms with Gasteiger partial charge in [-0.05, 0) is 48.5 Å². The zero-order chi connectivity index (χ0) is 19.0. The molecule has 0 fully saturated rings. The minimum Gasteiger partial charge on any atom is -0.350 e. The molecule has 136 valence electrons. The summed E-state index contributed by atoms with van der Waals surface area (Å²) in [5.41, 5.74) is 3.46. The lowest BCUT2D eigenvalue weighted by Gasteiger charge is -2.09. The van der Waals surface area contributed by atoms with Gasteiger partial charge in [0.25, 0.3) is 10.0 Å². The highest BCUT2D eigenvalue weighted by molar-refractivity contribution is 7.92. The predicted octanol–water partition coefficient (Wildman–Crippen LogP) is 4.69. The molecular formula is C20H16ClN3O2S. The fourth-order valence-electron chi connectivity index (χ4n) is 3.04. The van der Waals surface area contributed by atoms with E-state index < -0.39 is 10.0 Å². The van der Waals surface area contributed by atoms with Gasteiger partial charge in [0.1, 0.15) is 0 Å². The van der Waals surface area contributed by atoms with Crippen LogP contribution in [0, 0.1) is 0 Å². The Morgan fingerprint density at radius 3 is 2.56 bits per heavy atom. The summed E-state index contributed by atoms with van der Waals surface area (Å²) in [7, 11) is -1.74. The minimum atomic E-state index is -3.70. The van der Waals surface area contributed by atoms with Crippen molar-refractivity contribution in [1.29, 1.82) is 0 Å². The summed E-state index contributed by atoms with van der Waals surface area (Å²) >= 11 is 5.84. The van der Waals surface area contributed by atoms with Crippen molar-refractivity contribution in [3.8, 4) is 11.1 Å². The number of hydrogen-bond acceptors (Lipinski definition) is 3. The van der Waals surface area contributed by atoms with E-state index in [4.69, 9.17) is 11.6 Å². The SMILES string of the molecule is Cn1cc(-c2cccnc2)c2cc(NS(=O)(=O)c3ccc(Cl)cc3)ccc21. The molecule has 2 heterocycles. The van der Waals surface area contributed by atoms with Crippen LogP contribution in [0.2, 0.25) is 5.02 Å². The van der Waals surface area contributed by atoms with Crippen LogP contribution in [0.1, 0.15) is 0 Å². The smallest absolute Gasteiger partial charge is 0.261 e. The number of benzene rings is 2. The van der Waals surface area contributed by atoms with Crippen molar-refractivity contribution < 1.29 is 8.42 Å². The van der Waals surface area contributed by atoms with E-state index in [1.807, 2.05) is 42.1 Å². The van der Waals surface area contributed by atoms with E-state index in [9.17, 15) is 8.42 Å². The average Bonchev–Trinajstić information content (AvgIpc) is 2.99. The number of pyridine rings is 1. The Balaban J connectivity index is 1.76. The van der Waals surface area contributed by atoms with Crippen LogP contribution in [0.25, 0.3) is 22.0 Å². The maximum absolute atomic E-state index is 12.6. The zero-order valence-corrected chi connectivity index (χ0v) is 16.0. The molecule has 0 radical (unpaired) electrons. The summed E-state index contributed by atoms with van der Waals surface area (Å²) in [6.45, 7) is 0. The first kappa shape index (κ1) is 17.6. The van der Waals surface area contributed by atoms with Crippen LogP contribution in [0.4, 0.5) is 5.69 Å². The van der Waals surface area contributed by atoms with Gasteiger partial charge in [0.2, 0.25) is 0 Å². The number of fused-ring (bicyclic) bond motifs is 1. The molecule has 0 atom stereocenters. The second-order valence-corrected chi connectivity index (χ2v) is 8.31. The van der Waals surface area contributed by atoms with Crippen LogP contribution in [0.15, 0.2) is 78.1 Å². The Kier molecular flexibility index (Phi) is 4.37. The quantitative estimate of drug-likeness (QED) is 0.543. The van der Waals surface area contributed by atoms with E-state index in [1.54, 1.807) is 30.6 Å². The monoisotopic (exact) mass is 397 g/mol. The third-order valence-electron chi connectivity index (χ3n) is 4.34. The molecule has 0 aliphatic heterocycles. The summed E-state index contributed by atoms with van der Waals surface area (Å²) < 4.78 is 29.9. The van der Waals surface area contributed by atoms with Gasteiger partial charge in [0.15, 0.2) is 0 Å². The molecule has 1 N–H and O–H groups in total. The van der Waals surface area contributed by atoms with Gasteiger partial charge >= 0.3 is 0 Å². The Morgan fingerprint density at radius 1 is 1.07 bits per heavy atom. The number of aryl methyl sites for hydroxylation is 1. The van der Waals surface area contributed by atoms with Gasteiger partial charge in [-0.3, -0.25) is 9.71 Å². The van der Waals surface area contributed by atoms with Crippen LogP contribution in [0.3, 0.4) is 0 Å². The lowest BCUT2D eigenvalue weighted by Crippen LogP contribution is -2.12. The molecule has 0 unspecified atom stereocenters. The molecule has 0 amide bonds. The Bertz CT molecular complexity index is 1220. The van der Waals surface area contributed by atoms with Crippen LogP contribution >= 0.6 is 11.6 Å². The second-order valence-electron chi connectivity index (χ2n) is 6.19. The van der Waals surface area contributed by atoms with Gasteiger partial charge in [0, 0.05) is 58.4 Å². The molecule has 2 aromatic carbocycles. The van der Waals surface area contributed by atoms with E-state index in [-0.39, 0.29) is 4.90 Å². The highest BCUT2D eigenvalue weighted by atomic mass is 35.5. The number of hydrogen-bond donors (Lipinski definition) is 1. The average molecular weight is 398 g/mol. The van der Waals surface area contributed by atoms with E-state index in [1.165, 1.54) is 12.1 Å². The molecule has 0 spiro atoms. The lowest BCUT2D eigenvalue weighted by molar-refractivity contribution is 0.601. The third kappa shape index (κ3) is 3.41. The summed E-state index contributed by atoms with van der Waals surface area (Å²) in [6.07, 6.45) is 5.53. The molecular weight excluding hydrogens is 382 g/mol. The highest BCUT2D eigenvalue weighted by Crippen LogP contribution is 2.32. The predicted molar refractivity (Wildman–Crippen MR) is 108 cm³/mol. The summed E-state index contributed by atoms with van der Waals surface area (Å²) in [4.78, 5) is 4.33. The Morgan fingerprint density at radius 2 is 1.85 bits per heavy atom. The molecule has 7 heteroatoms. The van der Waals surface area contributed by atoms with Crippen molar-refractivity contribution in [3.05, 3.63) is 78.2 Å². The fourth-order valence-corrected chi connectivity index (χ4v) is 4.21. The number of aromatic nitrogens is 2. The largest absolute Gasteiger partial charge is 0.350 e. The minimum absolute atomic E-state index is 0.160. The van der Waals surface area contributed by atoms with E-state index >= 15 is 0 Å². The molecule has 4 rings (SSSR count). The highest BCUT2D eigenvalue weighted by Gasteiger charge is 2.16. The van der Waals surface area contributed by atoms with Crippen LogP contribution < -0.4 is 4.72 Å². The fraction of sp³-hybridized carbons (Fsp3) is 0.0500. The van der Waals surface area contributed by atoms with Gasteiger partial charge in [-0.2, -0.15) is 0 Å². The number of nitrogens with zero attached hydrogens (tertiary/aromatic N) is 2. The van der Waals surface area contributed by atoms with Gasteiger partial charge in [-0.25, -0.2) is 8.42 Å². The van der Waals surface area contributed by atoms with E-state index in [0.717, 1.165) is 22.0 Å². The van der Waals surface area contributed by atoms with Gasteiger partial charge in [-0.15, -0.1) is 0 Å². The van der Waals surface area contributed by atoms with Crippen molar-refractivity contribution in [1.82, 2.24) is 9.55 Å². The first-order valence-corrected chi connectivity index (χ1v) is 10.1. The molecule has 0 bridgehead atoms. The number of anilines is 1. The van der Waals surface area contributed by atoms with Crippen LogP contribution in [-0.2, 0) is 17.1 Å². The summed E-state index contributed by atoms with van der Waals surface area (Å²) in [5, 5.41) is 1.43. The molecule has 0 aliphatic rings. The first-order chi connectivity index (χ1) is 12.9. The van der Waals surface area contributed by atoms with Crippen LogP contribution in [0.5, 0.6) is 0 Å². The molecule has 0 saturated heterocycles. The molecule has 2 aromatic heterocycles. The number of nitrogens with one attached hydrogen (secondary N) is 1. The van der Waals surface area contributed by atoms with Gasteiger partial charge in [0.05, 0.1) is 4.90 Å². The van der Waals surface area contributed by atoms with Crippen molar-refractivity contribution in [2.24, 2.45) is 7.05 Å². The van der Waals surface area contributed by atoms with Crippen molar-refractivity contribution in [2.45, 2.75) is 4.90 Å². The molecule has 27 heavy (non-hydrogen) atoms. The van der Waals surface area contributed by atoms with Crippen molar-refractivity contribution in [2.75, 3.05) is 4.72 Å². The standard InChI is InChI=1S/C20H16ClN3O2S/c1-24-13-19(14-3-2-10-22-12-14)18-11-16(6-9-20(18)24)23-27(25,26)17-7-4-15(21)5-8-17/h2-13,23H,1H3. The maximum Gasteiger partial charge on any atom is 0.261 e. The van der Waals surface area contributed by atoms with Gasteiger partial charge < -0.3 is 4.57 Å². The number of rotatable bonds is 4. The third-order valence-corrected chi connectivity index (χ3v) is 5.99. The Labute approximate surface area is 162 Å². The topological polar surface area (TPSA) is 64.0 Å². The van der Waals surface area contributed by atoms with Gasteiger partial charge in [-0.1, -0.05) is 17.7 Å². The van der Waals surface area contributed by atoms with Crippen molar-refractivity contribution >= 4 is 38.2 Å². The maximum atomic E-state index is 12.6. The van der Waals surface area contributed by atoms with E-state index in [0.29, 0.717) is 10.7 Å². The van der Waals surface area contributed by atoms with E-state index in [2.05, 4.69) is 9.71 Å². The summed E-state index contributed by atoms with van der Waals surface area (Å²) in [6, 6.07) is 15.4. The molecule has 4 aromatic rings. The summed E-state index contributed by atoms with van der Waals surface area (Å²) in [5.74, 6) is 0. The molecule has 0 saturated carbocycles. The molecule has 0 aliphatic carbocycles. The Hall–Kier alpha value is -2.83.